The molecule has 1 aromatic carbocycles. The highest BCUT2D eigenvalue weighted by Gasteiger charge is 2.23. The third kappa shape index (κ3) is 3.33. The molecule has 2 rings (SSSR count). The molecular formula is C14H20BrN. The zero-order valence-corrected chi connectivity index (χ0v) is 11.5. The number of rotatable bonds is 3. The molecule has 1 aromatic rings. The molecular weight excluding hydrogens is 262 g/mol. The van der Waals surface area contributed by atoms with Crippen LogP contribution in [-0.2, 0) is 6.42 Å². The van der Waals surface area contributed by atoms with E-state index in [1.54, 1.807) is 0 Å². The summed E-state index contributed by atoms with van der Waals surface area (Å²) in [6.07, 6.45) is 2.50. The molecule has 88 valence electrons. The van der Waals surface area contributed by atoms with Crippen LogP contribution < -0.4 is 0 Å². The second kappa shape index (κ2) is 5.83. The number of piperidine rings is 1. The summed E-state index contributed by atoms with van der Waals surface area (Å²) >= 11 is 3.78. The van der Waals surface area contributed by atoms with Crippen molar-refractivity contribution >= 4 is 15.9 Å². The van der Waals surface area contributed by atoms with E-state index in [1.807, 2.05) is 0 Å². The highest BCUT2D eigenvalue weighted by Crippen LogP contribution is 2.23. The normalized spacial score (nSPS) is 26.9. The van der Waals surface area contributed by atoms with Crippen LogP contribution >= 0.6 is 15.9 Å². The summed E-state index contributed by atoms with van der Waals surface area (Å²) in [7, 11) is 0. The Kier molecular flexibility index (Phi) is 4.42. The van der Waals surface area contributed by atoms with E-state index < -0.39 is 0 Å². The van der Waals surface area contributed by atoms with Gasteiger partial charge in [-0.25, -0.2) is 0 Å². The lowest BCUT2D eigenvalue weighted by Gasteiger charge is -2.34. The van der Waals surface area contributed by atoms with E-state index >= 15 is 0 Å². The Morgan fingerprint density at radius 3 is 2.75 bits per heavy atom. The first-order valence-electron chi connectivity index (χ1n) is 6.16. The lowest BCUT2D eigenvalue weighted by molar-refractivity contribution is 0.203. The second-order valence-corrected chi connectivity index (χ2v) is 5.99. The first-order chi connectivity index (χ1) is 7.75. The SMILES string of the molecule is CC1CCN(CCc2ccccc2)CC1Br. The maximum Gasteiger partial charge on any atom is 0.0299 e. The molecule has 2 heteroatoms. The minimum Gasteiger partial charge on any atom is -0.302 e. The Bertz CT molecular complexity index is 312. The Balaban J connectivity index is 1.79. The van der Waals surface area contributed by atoms with Gasteiger partial charge < -0.3 is 4.90 Å². The summed E-state index contributed by atoms with van der Waals surface area (Å²) in [6.45, 7) is 6.00. The molecule has 0 aromatic heterocycles. The summed E-state index contributed by atoms with van der Waals surface area (Å²) < 4.78 is 0. The van der Waals surface area contributed by atoms with Crippen molar-refractivity contribution in [3.05, 3.63) is 35.9 Å². The summed E-state index contributed by atoms with van der Waals surface area (Å²) in [5.41, 5.74) is 1.45. The van der Waals surface area contributed by atoms with Gasteiger partial charge in [0.2, 0.25) is 0 Å². The quantitative estimate of drug-likeness (QED) is 0.769. The monoisotopic (exact) mass is 281 g/mol. The van der Waals surface area contributed by atoms with Gasteiger partial charge in [0.1, 0.15) is 0 Å². The number of nitrogens with zero attached hydrogens (tertiary/aromatic N) is 1. The molecule has 16 heavy (non-hydrogen) atoms. The van der Waals surface area contributed by atoms with Crippen molar-refractivity contribution in [3.63, 3.8) is 0 Å². The van der Waals surface area contributed by atoms with Crippen LogP contribution in [0.15, 0.2) is 30.3 Å². The number of halogens is 1. The third-order valence-corrected chi connectivity index (χ3v) is 4.70. The molecule has 0 bridgehead atoms. The van der Waals surface area contributed by atoms with Crippen LogP contribution in [0.2, 0.25) is 0 Å². The number of hydrogen-bond acceptors (Lipinski definition) is 1. The van der Waals surface area contributed by atoms with Gasteiger partial charge in [-0.3, -0.25) is 0 Å². The van der Waals surface area contributed by atoms with Crippen LogP contribution in [0.3, 0.4) is 0 Å². The molecule has 1 aliphatic heterocycles. The fourth-order valence-electron chi connectivity index (χ4n) is 2.22. The summed E-state index contributed by atoms with van der Waals surface area (Å²) in [6, 6.07) is 10.8. The minimum atomic E-state index is 0.678. The molecule has 1 nitrogen and oxygen atoms in total. The largest absolute Gasteiger partial charge is 0.302 e. The average molecular weight is 282 g/mol. The van der Waals surface area contributed by atoms with E-state index in [-0.39, 0.29) is 0 Å². The van der Waals surface area contributed by atoms with Gasteiger partial charge in [0, 0.05) is 17.9 Å². The number of benzene rings is 1. The van der Waals surface area contributed by atoms with Crippen molar-refractivity contribution < 1.29 is 0 Å². The van der Waals surface area contributed by atoms with Crippen molar-refractivity contribution in [2.75, 3.05) is 19.6 Å². The van der Waals surface area contributed by atoms with Gasteiger partial charge in [-0.05, 0) is 30.9 Å². The first kappa shape index (κ1) is 12.1. The van der Waals surface area contributed by atoms with Gasteiger partial charge in [-0.1, -0.05) is 53.2 Å². The van der Waals surface area contributed by atoms with Crippen molar-refractivity contribution in [1.82, 2.24) is 4.90 Å². The molecule has 0 radical (unpaired) electrons. The van der Waals surface area contributed by atoms with Gasteiger partial charge in [0.15, 0.2) is 0 Å². The molecule has 0 saturated carbocycles. The van der Waals surface area contributed by atoms with Crippen molar-refractivity contribution in [1.29, 1.82) is 0 Å². The van der Waals surface area contributed by atoms with Crippen LogP contribution in [0.25, 0.3) is 0 Å². The maximum atomic E-state index is 3.78. The van der Waals surface area contributed by atoms with Crippen LogP contribution in [0.5, 0.6) is 0 Å². The Hall–Kier alpha value is -0.340. The van der Waals surface area contributed by atoms with Gasteiger partial charge in [0.05, 0.1) is 0 Å². The van der Waals surface area contributed by atoms with Crippen LogP contribution in [0, 0.1) is 5.92 Å². The second-order valence-electron chi connectivity index (χ2n) is 4.82. The van der Waals surface area contributed by atoms with E-state index in [4.69, 9.17) is 0 Å². The average Bonchev–Trinajstić information content (AvgIpc) is 2.32. The molecule has 2 unspecified atom stereocenters. The lowest BCUT2D eigenvalue weighted by Crippen LogP contribution is -2.41. The highest BCUT2D eigenvalue weighted by molar-refractivity contribution is 9.09. The Morgan fingerprint density at radius 2 is 2.06 bits per heavy atom. The summed E-state index contributed by atoms with van der Waals surface area (Å²) in [5, 5.41) is 0. The van der Waals surface area contributed by atoms with E-state index in [0.717, 1.165) is 5.92 Å². The van der Waals surface area contributed by atoms with Crippen LogP contribution in [0.4, 0.5) is 0 Å². The summed E-state index contributed by atoms with van der Waals surface area (Å²) in [4.78, 5) is 3.25. The van der Waals surface area contributed by atoms with Gasteiger partial charge >= 0.3 is 0 Å². The molecule has 1 fully saturated rings. The van der Waals surface area contributed by atoms with E-state index in [9.17, 15) is 0 Å². The molecule has 0 spiro atoms. The van der Waals surface area contributed by atoms with Gasteiger partial charge in [-0.15, -0.1) is 0 Å². The maximum absolute atomic E-state index is 3.78. The molecule has 0 aliphatic carbocycles. The molecule has 1 aliphatic rings. The number of hydrogen-bond donors (Lipinski definition) is 0. The van der Waals surface area contributed by atoms with Crippen molar-refractivity contribution in [2.24, 2.45) is 5.92 Å². The zero-order chi connectivity index (χ0) is 11.4. The fourth-order valence-corrected chi connectivity index (χ4v) is 2.89. The molecule has 0 amide bonds. The number of likely N-dealkylation sites (tertiary alicyclic amines) is 1. The van der Waals surface area contributed by atoms with Crippen LogP contribution in [-0.4, -0.2) is 29.4 Å². The summed E-state index contributed by atoms with van der Waals surface area (Å²) in [5.74, 6) is 0.827. The topological polar surface area (TPSA) is 3.24 Å². The van der Waals surface area contributed by atoms with Crippen molar-refractivity contribution in [2.45, 2.75) is 24.6 Å². The van der Waals surface area contributed by atoms with Gasteiger partial charge in [-0.2, -0.15) is 0 Å². The molecule has 1 saturated heterocycles. The first-order valence-corrected chi connectivity index (χ1v) is 7.07. The molecule has 0 N–H and O–H groups in total. The molecule has 1 heterocycles. The standard InChI is InChI=1S/C14H20BrN/c1-12-7-9-16(11-14(12)15)10-8-13-5-3-2-4-6-13/h2-6,12,14H,7-11H2,1H3. The van der Waals surface area contributed by atoms with E-state index in [2.05, 4.69) is 58.1 Å². The van der Waals surface area contributed by atoms with Gasteiger partial charge in [0.25, 0.3) is 0 Å². The third-order valence-electron chi connectivity index (χ3n) is 3.51. The van der Waals surface area contributed by atoms with Crippen LogP contribution in [0.1, 0.15) is 18.9 Å². The van der Waals surface area contributed by atoms with Crippen molar-refractivity contribution in [3.8, 4) is 0 Å². The Morgan fingerprint density at radius 1 is 1.31 bits per heavy atom. The number of alkyl halides is 1. The lowest BCUT2D eigenvalue weighted by atomic mass is 9.98. The predicted molar refractivity (Wildman–Crippen MR) is 73.1 cm³/mol. The predicted octanol–water partition coefficient (Wildman–Crippen LogP) is 3.33. The fraction of sp³-hybridized carbons (Fsp3) is 0.571. The molecule has 2 atom stereocenters. The smallest absolute Gasteiger partial charge is 0.0299 e. The minimum absolute atomic E-state index is 0.678. The highest BCUT2D eigenvalue weighted by atomic mass is 79.9. The van der Waals surface area contributed by atoms with E-state index in [1.165, 1.54) is 38.0 Å². The van der Waals surface area contributed by atoms with E-state index in [0.29, 0.717) is 4.83 Å². The Labute approximate surface area is 107 Å². The zero-order valence-electron chi connectivity index (χ0n) is 9.90.